The van der Waals surface area contributed by atoms with E-state index in [0.717, 1.165) is 0 Å². The smallest absolute Gasteiger partial charge is 0.245 e. The zero-order valence-corrected chi connectivity index (χ0v) is 8.37. The average Bonchev–Trinajstić information content (AvgIpc) is 2.74. The highest BCUT2D eigenvalue weighted by molar-refractivity contribution is 5.90. The van der Waals surface area contributed by atoms with Crippen LogP contribution in [0.4, 0.5) is 5.82 Å². The minimum atomic E-state index is -0.271. The number of aromatic hydroxyl groups is 1. The molecule has 0 radical (unpaired) electrons. The second-order valence-corrected chi connectivity index (χ2v) is 3.15. The minimum Gasteiger partial charge on any atom is -0.504 e. The van der Waals surface area contributed by atoms with Gasteiger partial charge in [0.25, 0.3) is 0 Å². The fraction of sp³-hybridized carbons (Fsp3) is 0.100. The second kappa shape index (κ2) is 4.43. The van der Waals surface area contributed by atoms with Gasteiger partial charge in [0.15, 0.2) is 11.6 Å². The van der Waals surface area contributed by atoms with Crippen molar-refractivity contribution in [1.29, 1.82) is 0 Å². The number of nitrogens with zero attached hydrogens (tertiary/aromatic N) is 3. The largest absolute Gasteiger partial charge is 0.504 e. The average molecular weight is 218 g/mol. The van der Waals surface area contributed by atoms with E-state index in [-0.39, 0.29) is 24.0 Å². The van der Waals surface area contributed by atoms with E-state index >= 15 is 0 Å². The fourth-order valence-corrected chi connectivity index (χ4v) is 1.21. The molecule has 0 bridgehead atoms. The monoisotopic (exact) mass is 218 g/mol. The predicted octanol–water partition coefficient (Wildman–Crippen LogP) is 0.622. The normalized spacial score (nSPS) is 10.0. The molecule has 82 valence electrons. The van der Waals surface area contributed by atoms with Crippen molar-refractivity contribution in [3.8, 4) is 5.75 Å². The van der Waals surface area contributed by atoms with Gasteiger partial charge in [0.05, 0.1) is 6.33 Å². The molecule has 16 heavy (non-hydrogen) atoms. The Bertz CT molecular complexity index is 481. The fourth-order valence-electron chi connectivity index (χ4n) is 1.21. The molecular weight excluding hydrogens is 208 g/mol. The SMILES string of the molecule is O=C(Cn1ccnc1)Nc1ncccc1O. The number of pyridine rings is 1. The van der Waals surface area contributed by atoms with Gasteiger partial charge in [-0.3, -0.25) is 4.79 Å². The third-order valence-corrected chi connectivity index (χ3v) is 1.93. The molecule has 0 aliphatic carbocycles. The van der Waals surface area contributed by atoms with Crippen LogP contribution in [0.25, 0.3) is 0 Å². The molecule has 0 saturated heterocycles. The van der Waals surface area contributed by atoms with Crippen molar-refractivity contribution >= 4 is 11.7 Å². The van der Waals surface area contributed by atoms with Crippen LogP contribution in [-0.4, -0.2) is 25.5 Å². The van der Waals surface area contributed by atoms with Crippen LogP contribution in [0, 0.1) is 0 Å². The molecule has 2 heterocycles. The minimum absolute atomic E-state index is 0.0542. The molecule has 2 rings (SSSR count). The van der Waals surface area contributed by atoms with Gasteiger partial charge in [0.1, 0.15) is 6.54 Å². The first-order chi connectivity index (χ1) is 7.75. The lowest BCUT2D eigenvalue weighted by atomic mass is 10.4. The molecule has 6 heteroatoms. The molecule has 0 aromatic carbocycles. The molecular formula is C10H10N4O2. The van der Waals surface area contributed by atoms with E-state index < -0.39 is 0 Å². The van der Waals surface area contributed by atoms with Crippen LogP contribution in [-0.2, 0) is 11.3 Å². The maximum Gasteiger partial charge on any atom is 0.245 e. The molecule has 0 atom stereocenters. The number of hydrogen-bond donors (Lipinski definition) is 2. The van der Waals surface area contributed by atoms with Gasteiger partial charge in [0.2, 0.25) is 5.91 Å². The summed E-state index contributed by atoms with van der Waals surface area (Å²) in [5.74, 6) is -0.166. The van der Waals surface area contributed by atoms with E-state index in [1.807, 2.05) is 0 Å². The van der Waals surface area contributed by atoms with Crippen LogP contribution >= 0.6 is 0 Å². The Morgan fingerprint density at radius 2 is 2.38 bits per heavy atom. The molecule has 1 amide bonds. The maximum atomic E-state index is 11.5. The number of carbonyl (C=O) groups excluding carboxylic acids is 1. The molecule has 0 fully saturated rings. The number of anilines is 1. The van der Waals surface area contributed by atoms with E-state index in [1.54, 1.807) is 23.0 Å². The second-order valence-electron chi connectivity index (χ2n) is 3.15. The lowest BCUT2D eigenvalue weighted by Crippen LogP contribution is -2.18. The van der Waals surface area contributed by atoms with Crippen molar-refractivity contribution in [3.05, 3.63) is 37.1 Å². The standard InChI is InChI=1S/C10H10N4O2/c15-8-2-1-3-12-10(8)13-9(16)6-14-5-4-11-7-14/h1-5,7,15H,6H2,(H,12,13,16). The van der Waals surface area contributed by atoms with Crippen LogP contribution in [0.2, 0.25) is 0 Å². The summed E-state index contributed by atoms with van der Waals surface area (Å²) in [6.07, 6.45) is 6.30. The van der Waals surface area contributed by atoms with E-state index in [2.05, 4.69) is 15.3 Å². The Hall–Kier alpha value is -2.37. The lowest BCUT2D eigenvalue weighted by molar-refractivity contribution is -0.116. The van der Waals surface area contributed by atoms with Gasteiger partial charge in [-0.2, -0.15) is 0 Å². The van der Waals surface area contributed by atoms with Gasteiger partial charge in [-0.25, -0.2) is 9.97 Å². The summed E-state index contributed by atoms with van der Waals surface area (Å²) < 4.78 is 1.62. The van der Waals surface area contributed by atoms with Gasteiger partial charge in [-0.15, -0.1) is 0 Å². The van der Waals surface area contributed by atoms with E-state index in [9.17, 15) is 9.90 Å². The van der Waals surface area contributed by atoms with Gasteiger partial charge < -0.3 is 15.0 Å². The highest BCUT2D eigenvalue weighted by Gasteiger charge is 2.06. The molecule has 0 saturated carbocycles. The summed E-state index contributed by atoms with van der Waals surface area (Å²) in [5, 5.41) is 11.9. The molecule has 0 aliphatic rings. The first-order valence-corrected chi connectivity index (χ1v) is 4.65. The van der Waals surface area contributed by atoms with Crippen molar-refractivity contribution < 1.29 is 9.90 Å². The Labute approximate surface area is 91.6 Å². The number of imidazole rings is 1. The Kier molecular flexibility index (Phi) is 2.81. The molecule has 2 N–H and O–H groups in total. The highest BCUT2D eigenvalue weighted by atomic mass is 16.3. The molecule has 0 unspecified atom stereocenters. The third kappa shape index (κ3) is 2.35. The van der Waals surface area contributed by atoms with Crippen LogP contribution in [0.15, 0.2) is 37.1 Å². The van der Waals surface area contributed by atoms with Crippen molar-refractivity contribution in [2.75, 3.05) is 5.32 Å². The number of rotatable bonds is 3. The number of amides is 1. The summed E-state index contributed by atoms with van der Waals surface area (Å²) in [5.41, 5.74) is 0. The lowest BCUT2D eigenvalue weighted by Gasteiger charge is -2.05. The van der Waals surface area contributed by atoms with E-state index in [4.69, 9.17) is 0 Å². The zero-order chi connectivity index (χ0) is 11.4. The topological polar surface area (TPSA) is 80.0 Å². The number of aromatic nitrogens is 3. The predicted molar refractivity (Wildman–Crippen MR) is 56.8 cm³/mol. The summed E-state index contributed by atoms with van der Waals surface area (Å²) >= 11 is 0. The van der Waals surface area contributed by atoms with Crippen LogP contribution in [0.3, 0.4) is 0 Å². The van der Waals surface area contributed by atoms with Gasteiger partial charge in [-0.05, 0) is 12.1 Å². The molecule has 2 aromatic heterocycles. The summed E-state index contributed by atoms with van der Waals surface area (Å²) in [7, 11) is 0. The van der Waals surface area contributed by atoms with Gasteiger partial charge in [0, 0.05) is 18.6 Å². The van der Waals surface area contributed by atoms with E-state index in [0.29, 0.717) is 0 Å². The highest BCUT2D eigenvalue weighted by Crippen LogP contribution is 2.17. The zero-order valence-electron chi connectivity index (χ0n) is 8.37. The van der Waals surface area contributed by atoms with Crippen LogP contribution < -0.4 is 5.32 Å². The number of nitrogens with one attached hydrogen (secondary N) is 1. The van der Waals surface area contributed by atoms with Crippen molar-refractivity contribution in [2.45, 2.75) is 6.54 Å². The quantitative estimate of drug-likeness (QED) is 0.791. The van der Waals surface area contributed by atoms with Crippen molar-refractivity contribution in [3.63, 3.8) is 0 Å². The molecule has 2 aromatic rings. The summed E-state index contributed by atoms with van der Waals surface area (Å²) in [6, 6.07) is 3.04. The van der Waals surface area contributed by atoms with Crippen LogP contribution in [0.5, 0.6) is 5.75 Å². The maximum absolute atomic E-state index is 11.5. The Morgan fingerprint density at radius 3 is 3.06 bits per heavy atom. The first-order valence-electron chi connectivity index (χ1n) is 4.65. The number of carbonyl (C=O) groups is 1. The van der Waals surface area contributed by atoms with Crippen molar-refractivity contribution in [1.82, 2.24) is 14.5 Å². The van der Waals surface area contributed by atoms with Gasteiger partial charge in [-0.1, -0.05) is 0 Å². The molecule has 6 nitrogen and oxygen atoms in total. The van der Waals surface area contributed by atoms with Crippen LogP contribution in [0.1, 0.15) is 0 Å². The van der Waals surface area contributed by atoms with E-state index in [1.165, 1.54) is 18.6 Å². The Balaban J connectivity index is 2.00. The third-order valence-electron chi connectivity index (χ3n) is 1.93. The summed E-state index contributed by atoms with van der Waals surface area (Å²) in [4.78, 5) is 19.2. The Morgan fingerprint density at radius 1 is 1.50 bits per heavy atom. The van der Waals surface area contributed by atoms with Crippen molar-refractivity contribution in [2.24, 2.45) is 0 Å². The molecule has 0 aliphatic heterocycles. The number of hydrogen-bond acceptors (Lipinski definition) is 4. The van der Waals surface area contributed by atoms with Gasteiger partial charge >= 0.3 is 0 Å². The first kappa shape index (κ1) is 10.2. The molecule has 0 spiro atoms. The summed E-state index contributed by atoms with van der Waals surface area (Å²) in [6.45, 7) is 0.135.